The summed E-state index contributed by atoms with van der Waals surface area (Å²) in [6.45, 7) is 0.699. The Morgan fingerprint density at radius 3 is 2.88 bits per heavy atom. The molecule has 0 heterocycles. The number of hydrogen-bond donors (Lipinski definition) is 1. The second-order valence-corrected chi connectivity index (χ2v) is 5.56. The van der Waals surface area contributed by atoms with Gasteiger partial charge in [-0.1, -0.05) is 40.3 Å². The van der Waals surface area contributed by atoms with Crippen LogP contribution in [0.2, 0.25) is 5.02 Å². The van der Waals surface area contributed by atoms with Gasteiger partial charge in [-0.25, -0.2) is 0 Å². The quantitative estimate of drug-likeness (QED) is 0.438. The van der Waals surface area contributed by atoms with Crippen molar-refractivity contribution in [3.05, 3.63) is 33.3 Å². The number of unbranched alkanes of at least 4 members (excludes halogenated alkanes) is 1. The van der Waals surface area contributed by atoms with Crippen molar-refractivity contribution in [3.63, 3.8) is 0 Å². The fraction of sp³-hybridized carbons (Fsp3) is 0.364. The Balaban J connectivity index is 2.56. The monoisotopic (exact) mass is 415 g/mol. The summed E-state index contributed by atoms with van der Waals surface area (Å²) >= 11 is 11.6. The van der Waals surface area contributed by atoms with E-state index in [1.54, 1.807) is 12.1 Å². The number of halogens is 3. The van der Waals surface area contributed by atoms with Crippen molar-refractivity contribution in [3.8, 4) is 0 Å². The lowest BCUT2D eigenvalue weighted by molar-refractivity contribution is 0.0953. The summed E-state index contributed by atoms with van der Waals surface area (Å²) < 4.78 is 1.86. The van der Waals surface area contributed by atoms with Gasteiger partial charge in [-0.15, -0.1) is 0 Å². The van der Waals surface area contributed by atoms with Crippen LogP contribution < -0.4 is 5.32 Å². The molecule has 0 aliphatic carbocycles. The van der Waals surface area contributed by atoms with Crippen molar-refractivity contribution < 1.29 is 4.79 Å². The SMILES string of the molecule is O=C(NCCCCI)c1cccc(Br)c1Cl. The molecular weight excluding hydrogens is 404 g/mol. The van der Waals surface area contributed by atoms with Crippen LogP contribution >= 0.6 is 50.1 Å². The summed E-state index contributed by atoms with van der Waals surface area (Å²) in [4.78, 5) is 11.8. The molecule has 1 aromatic rings. The molecule has 0 aromatic heterocycles. The first kappa shape index (κ1) is 14.3. The summed E-state index contributed by atoms with van der Waals surface area (Å²) in [5, 5.41) is 3.32. The smallest absolute Gasteiger partial charge is 0.252 e. The van der Waals surface area contributed by atoms with Crippen LogP contribution in [0.25, 0.3) is 0 Å². The number of nitrogens with one attached hydrogen (secondary N) is 1. The predicted octanol–water partition coefficient (Wildman–Crippen LogP) is 4.05. The summed E-state index contributed by atoms with van der Waals surface area (Å²) in [5.74, 6) is -0.111. The average molecular weight is 416 g/mol. The molecule has 1 N–H and O–H groups in total. The maximum atomic E-state index is 11.8. The second kappa shape index (κ2) is 7.50. The molecule has 1 rings (SSSR count). The van der Waals surface area contributed by atoms with E-state index in [0.717, 1.165) is 21.7 Å². The molecule has 1 aromatic carbocycles. The Bertz CT molecular complexity index is 373. The van der Waals surface area contributed by atoms with E-state index in [-0.39, 0.29) is 5.91 Å². The van der Waals surface area contributed by atoms with Crippen molar-refractivity contribution in [1.29, 1.82) is 0 Å². The van der Waals surface area contributed by atoms with Gasteiger partial charge >= 0.3 is 0 Å². The first-order valence-corrected chi connectivity index (χ1v) is 7.64. The lowest BCUT2D eigenvalue weighted by Gasteiger charge is -2.07. The van der Waals surface area contributed by atoms with Crippen LogP contribution in [0.15, 0.2) is 22.7 Å². The molecule has 0 fully saturated rings. The highest BCUT2D eigenvalue weighted by Gasteiger charge is 2.11. The zero-order valence-electron chi connectivity index (χ0n) is 8.60. The van der Waals surface area contributed by atoms with Crippen molar-refractivity contribution in [2.45, 2.75) is 12.8 Å². The molecule has 0 spiro atoms. The van der Waals surface area contributed by atoms with Gasteiger partial charge < -0.3 is 5.32 Å². The van der Waals surface area contributed by atoms with E-state index in [9.17, 15) is 4.79 Å². The van der Waals surface area contributed by atoms with Crippen LogP contribution in [-0.2, 0) is 0 Å². The third-order valence-corrected chi connectivity index (χ3v) is 4.10. The van der Waals surface area contributed by atoms with Gasteiger partial charge in [0.1, 0.15) is 0 Å². The molecule has 0 bridgehead atoms. The molecule has 0 aliphatic heterocycles. The van der Waals surface area contributed by atoms with Crippen LogP contribution in [-0.4, -0.2) is 16.9 Å². The van der Waals surface area contributed by atoms with E-state index in [0.29, 0.717) is 17.1 Å². The van der Waals surface area contributed by atoms with Crippen LogP contribution in [0.3, 0.4) is 0 Å². The molecule has 0 radical (unpaired) electrons. The minimum Gasteiger partial charge on any atom is -0.352 e. The Kier molecular flexibility index (Phi) is 6.68. The van der Waals surface area contributed by atoms with Gasteiger partial charge in [0.2, 0.25) is 0 Å². The minimum absolute atomic E-state index is 0.111. The van der Waals surface area contributed by atoms with Crippen molar-refractivity contribution in [2.24, 2.45) is 0 Å². The Morgan fingerprint density at radius 1 is 1.44 bits per heavy atom. The molecule has 0 saturated carbocycles. The van der Waals surface area contributed by atoms with Crippen molar-refractivity contribution in [2.75, 3.05) is 11.0 Å². The van der Waals surface area contributed by atoms with Gasteiger partial charge in [0.25, 0.3) is 5.91 Å². The van der Waals surface area contributed by atoms with Crippen LogP contribution in [0.1, 0.15) is 23.2 Å². The van der Waals surface area contributed by atoms with Crippen LogP contribution in [0, 0.1) is 0 Å². The molecule has 5 heteroatoms. The average Bonchev–Trinajstić information content (AvgIpc) is 2.28. The highest BCUT2D eigenvalue weighted by molar-refractivity contribution is 14.1. The Hall–Kier alpha value is 0.190. The second-order valence-electron chi connectivity index (χ2n) is 3.25. The number of hydrogen-bond acceptors (Lipinski definition) is 1. The fourth-order valence-electron chi connectivity index (χ4n) is 1.20. The largest absolute Gasteiger partial charge is 0.352 e. The molecule has 1 amide bonds. The van der Waals surface area contributed by atoms with E-state index in [1.165, 1.54) is 0 Å². The molecule has 16 heavy (non-hydrogen) atoms. The number of carbonyl (C=O) groups excluding carboxylic acids is 1. The number of rotatable bonds is 5. The number of amides is 1. The summed E-state index contributed by atoms with van der Waals surface area (Å²) in [7, 11) is 0. The number of carbonyl (C=O) groups is 1. The van der Waals surface area contributed by atoms with Gasteiger partial charge in [0.15, 0.2) is 0 Å². The third kappa shape index (κ3) is 4.22. The van der Waals surface area contributed by atoms with Crippen molar-refractivity contribution >= 4 is 56.0 Å². The highest BCUT2D eigenvalue weighted by atomic mass is 127. The summed E-state index contributed by atoms with van der Waals surface area (Å²) in [6, 6.07) is 5.34. The third-order valence-electron chi connectivity index (χ3n) is 2.04. The van der Waals surface area contributed by atoms with E-state index >= 15 is 0 Å². The van der Waals surface area contributed by atoms with E-state index in [1.807, 2.05) is 6.07 Å². The Morgan fingerprint density at radius 2 is 2.19 bits per heavy atom. The normalized spacial score (nSPS) is 10.2. The van der Waals surface area contributed by atoms with Crippen molar-refractivity contribution in [1.82, 2.24) is 5.32 Å². The predicted molar refractivity (Wildman–Crippen MR) is 79.6 cm³/mol. The first-order chi connectivity index (χ1) is 7.66. The lowest BCUT2D eigenvalue weighted by atomic mass is 10.2. The zero-order valence-corrected chi connectivity index (χ0v) is 13.1. The Labute approximate surface area is 122 Å². The molecule has 0 aliphatic rings. The minimum atomic E-state index is -0.111. The maximum absolute atomic E-state index is 11.8. The molecule has 0 unspecified atom stereocenters. The molecule has 0 saturated heterocycles. The summed E-state index contributed by atoms with van der Waals surface area (Å²) in [6.07, 6.45) is 2.12. The van der Waals surface area contributed by atoms with Crippen LogP contribution in [0.4, 0.5) is 0 Å². The van der Waals surface area contributed by atoms with Gasteiger partial charge in [0, 0.05) is 11.0 Å². The van der Waals surface area contributed by atoms with E-state index in [4.69, 9.17) is 11.6 Å². The lowest BCUT2D eigenvalue weighted by Crippen LogP contribution is -2.24. The molecular formula is C11H12BrClINO. The molecule has 0 atom stereocenters. The maximum Gasteiger partial charge on any atom is 0.252 e. The topological polar surface area (TPSA) is 29.1 Å². The molecule has 88 valence electrons. The van der Waals surface area contributed by atoms with E-state index in [2.05, 4.69) is 43.8 Å². The standard InChI is InChI=1S/C11H12BrClINO/c12-9-5-3-4-8(10(9)13)11(16)15-7-2-1-6-14/h3-5H,1-2,6-7H2,(H,15,16). The van der Waals surface area contributed by atoms with Gasteiger partial charge in [-0.3, -0.25) is 4.79 Å². The summed E-state index contributed by atoms with van der Waals surface area (Å²) in [5.41, 5.74) is 0.519. The molecule has 2 nitrogen and oxygen atoms in total. The van der Waals surface area contributed by atoms with Gasteiger partial charge in [0.05, 0.1) is 10.6 Å². The van der Waals surface area contributed by atoms with E-state index < -0.39 is 0 Å². The number of alkyl halides is 1. The van der Waals surface area contributed by atoms with Crippen LogP contribution in [0.5, 0.6) is 0 Å². The first-order valence-electron chi connectivity index (χ1n) is 4.95. The number of benzene rings is 1. The fourth-order valence-corrected chi connectivity index (χ4v) is 2.31. The zero-order chi connectivity index (χ0) is 12.0. The highest BCUT2D eigenvalue weighted by Crippen LogP contribution is 2.25. The van der Waals surface area contributed by atoms with Gasteiger partial charge in [-0.05, 0) is 45.3 Å². The van der Waals surface area contributed by atoms with Gasteiger partial charge in [-0.2, -0.15) is 0 Å².